The zero-order valence-corrected chi connectivity index (χ0v) is 15.2. The average Bonchev–Trinajstić information content (AvgIpc) is 2.99. The van der Waals surface area contributed by atoms with Crippen LogP contribution in [0.1, 0.15) is 33.6 Å². The van der Waals surface area contributed by atoms with Gasteiger partial charge in [0.2, 0.25) is 0 Å². The maximum absolute atomic E-state index is 12.8. The van der Waals surface area contributed by atoms with Gasteiger partial charge in [-0.25, -0.2) is 0 Å². The fraction of sp³-hybridized carbons (Fsp3) is 0.333. The molecule has 3 rings (SSSR count). The van der Waals surface area contributed by atoms with Crippen LogP contribution in [0.25, 0.3) is 0 Å². The number of benzene rings is 1. The van der Waals surface area contributed by atoms with E-state index in [-0.39, 0.29) is 10.6 Å². The van der Waals surface area contributed by atoms with E-state index in [1.54, 1.807) is 24.3 Å². The number of methoxy groups -OCH3 is 1. The van der Waals surface area contributed by atoms with E-state index in [0.29, 0.717) is 24.3 Å². The van der Waals surface area contributed by atoms with Gasteiger partial charge in [-0.1, -0.05) is 0 Å². The lowest BCUT2D eigenvalue weighted by Gasteiger charge is -2.14. The van der Waals surface area contributed by atoms with Crippen molar-refractivity contribution in [2.24, 2.45) is 0 Å². The van der Waals surface area contributed by atoms with Crippen LogP contribution in [0.3, 0.4) is 0 Å². The molecule has 0 atom stereocenters. The number of carbonyl (C=O) groups excluding carboxylic acids is 2. The molecule has 2 N–H and O–H groups in total. The minimum atomic E-state index is -5.02. The van der Waals surface area contributed by atoms with Crippen molar-refractivity contribution in [2.45, 2.75) is 31.9 Å². The van der Waals surface area contributed by atoms with Crippen molar-refractivity contribution >= 4 is 33.8 Å². The Hall–Kier alpha value is -2.55. The molecular formula is C18H17F3N2O3S. The number of hydrogen-bond donors (Lipinski definition) is 2. The molecule has 0 radical (unpaired) electrons. The summed E-state index contributed by atoms with van der Waals surface area (Å²) >= 11 is 1.04. The standard InChI is InChI=1S/C18H17F3N2O3S/c1-26-11-8-6-10(7-9-11)22-15(24)14-12-4-2-3-5-13(12)27-16(14)23-17(25)18(19,20)21/h6-9H,2-5H2,1H3,(H,22,24)(H,23,25). The number of hydrogen-bond acceptors (Lipinski definition) is 4. The molecule has 1 aliphatic rings. The van der Waals surface area contributed by atoms with Crippen LogP contribution < -0.4 is 15.4 Å². The zero-order valence-electron chi connectivity index (χ0n) is 14.4. The predicted molar refractivity (Wildman–Crippen MR) is 96.6 cm³/mol. The highest BCUT2D eigenvalue weighted by Gasteiger charge is 2.40. The number of carbonyl (C=O) groups is 2. The Balaban J connectivity index is 1.90. The van der Waals surface area contributed by atoms with Crippen molar-refractivity contribution in [3.8, 4) is 5.75 Å². The van der Waals surface area contributed by atoms with Crippen molar-refractivity contribution < 1.29 is 27.5 Å². The molecule has 0 spiro atoms. The molecule has 2 amide bonds. The quantitative estimate of drug-likeness (QED) is 0.803. The summed E-state index contributed by atoms with van der Waals surface area (Å²) in [6, 6.07) is 6.57. The van der Waals surface area contributed by atoms with Gasteiger partial charge in [0.05, 0.1) is 12.7 Å². The number of nitrogens with one attached hydrogen (secondary N) is 2. The molecular weight excluding hydrogens is 381 g/mol. The maximum atomic E-state index is 12.8. The van der Waals surface area contributed by atoms with E-state index >= 15 is 0 Å². The van der Waals surface area contributed by atoms with Crippen molar-refractivity contribution in [1.29, 1.82) is 0 Å². The Morgan fingerprint density at radius 3 is 2.37 bits per heavy atom. The third kappa shape index (κ3) is 4.24. The van der Waals surface area contributed by atoms with Crippen LogP contribution in [-0.4, -0.2) is 25.1 Å². The minimum Gasteiger partial charge on any atom is -0.497 e. The van der Waals surface area contributed by atoms with Gasteiger partial charge in [0, 0.05) is 10.6 Å². The number of anilines is 2. The Morgan fingerprint density at radius 2 is 1.74 bits per heavy atom. The van der Waals surface area contributed by atoms with E-state index in [9.17, 15) is 22.8 Å². The molecule has 1 aliphatic carbocycles. The molecule has 27 heavy (non-hydrogen) atoms. The number of alkyl halides is 3. The molecule has 0 saturated heterocycles. The molecule has 1 aromatic heterocycles. The summed E-state index contributed by atoms with van der Waals surface area (Å²) in [4.78, 5) is 25.0. The topological polar surface area (TPSA) is 67.4 Å². The van der Waals surface area contributed by atoms with Crippen molar-refractivity contribution in [1.82, 2.24) is 0 Å². The molecule has 0 saturated carbocycles. The van der Waals surface area contributed by atoms with Gasteiger partial charge in [-0.05, 0) is 55.5 Å². The molecule has 0 unspecified atom stereocenters. The number of halogens is 3. The molecule has 2 aromatic rings. The Bertz CT molecular complexity index is 860. The van der Waals surface area contributed by atoms with E-state index in [4.69, 9.17) is 4.74 Å². The van der Waals surface area contributed by atoms with Crippen LogP contribution in [0.4, 0.5) is 23.9 Å². The van der Waals surface area contributed by atoms with Crippen LogP contribution in [0.2, 0.25) is 0 Å². The van der Waals surface area contributed by atoms with Crippen LogP contribution in [-0.2, 0) is 17.6 Å². The van der Waals surface area contributed by atoms with Crippen LogP contribution in [0.5, 0.6) is 5.75 Å². The van der Waals surface area contributed by atoms with Gasteiger partial charge in [0.25, 0.3) is 5.91 Å². The molecule has 9 heteroatoms. The van der Waals surface area contributed by atoms with Gasteiger partial charge in [0.1, 0.15) is 10.8 Å². The first kappa shape index (κ1) is 19.2. The lowest BCUT2D eigenvalue weighted by atomic mass is 9.95. The highest BCUT2D eigenvalue weighted by atomic mass is 32.1. The summed E-state index contributed by atoms with van der Waals surface area (Å²) in [7, 11) is 1.51. The van der Waals surface area contributed by atoms with Gasteiger partial charge in [-0.3, -0.25) is 9.59 Å². The van der Waals surface area contributed by atoms with Crippen molar-refractivity contribution in [2.75, 3.05) is 17.7 Å². The predicted octanol–water partition coefficient (Wildman–Crippen LogP) is 4.39. The molecule has 5 nitrogen and oxygen atoms in total. The van der Waals surface area contributed by atoms with E-state index in [0.717, 1.165) is 34.6 Å². The van der Waals surface area contributed by atoms with Gasteiger partial charge in [-0.2, -0.15) is 13.2 Å². The summed E-state index contributed by atoms with van der Waals surface area (Å²) in [5.74, 6) is -2.02. The largest absolute Gasteiger partial charge is 0.497 e. The summed E-state index contributed by atoms with van der Waals surface area (Å²) in [5.41, 5.74) is 1.31. The second-order valence-electron chi connectivity index (χ2n) is 6.05. The molecule has 1 heterocycles. The van der Waals surface area contributed by atoms with E-state index in [1.165, 1.54) is 7.11 Å². The SMILES string of the molecule is COc1ccc(NC(=O)c2c(NC(=O)C(F)(F)F)sc3c2CCCC3)cc1. The first-order valence-electron chi connectivity index (χ1n) is 8.27. The third-order valence-electron chi connectivity index (χ3n) is 4.23. The van der Waals surface area contributed by atoms with E-state index in [1.807, 2.05) is 5.32 Å². The number of thiophene rings is 1. The van der Waals surface area contributed by atoms with Crippen LogP contribution in [0, 0.1) is 0 Å². The second-order valence-corrected chi connectivity index (χ2v) is 7.15. The normalized spacial score (nSPS) is 13.6. The summed E-state index contributed by atoms with van der Waals surface area (Å²) in [5, 5.41) is 4.48. The fourth-order valence-corrected chi connectivity index (χ4v) is 4.22. The Morgan fingerprint density at radius 1 is 1.07 bits per heavy atom. The highest BCUT2D eigenvalue weighted by molar-refractivity contribution is 7.17. The number of rotatable bonds is 4. The molecule has 144 valence electrons. The first-order chi connectivity index (χ1) is 12.8. The summed E-state index contributed by atoms with van der Waals surface area (Å²) in [6.45, 7) is 0. The van der Waals surface area contributed by atoms with Gasteiger partial charge >= 0.3 is 12.1 Å². The number of amides is 2. The van der Waals surface area contributed by atoms with Crippen molar-refractivity contribution in [3.05, 3.63) is 40.3 Å². The maximum Gasteiger partial charge on any atom is 0.471 e. The van der Waals surface area contributed by atoms with E-state index in [2.05, 4.69) is 5.32 Å². The molecule has 0 fully saturated rings. The van der Waals surface area contributed by atoms with Crippen LogP contribution >= 0.6 is 11.3 Å². The highest BCUT2D eigenvalue weighted by Crippen LogP contribution is 2.39. The Kier molecular flexibility index (Phi) is 5.41. The van der Waals surface area contributed by atoms with Gasteiger partial charge in [-0.15, -0.1) is 11.3 Å². The molecule has 0 bridgehead atoms. The van der Waals surface area contributed by atoms with Crippen molar-refractivity contribution in [3.63, 3.8) is 0 Å². The van der Waals surface area contributed by atoms with E-state index < -0.39 is 18.0 Å². The lowest BCUT2D eigenvalue weighted by molar-refractivity contribution is -0.167. The Labute approximate surface area is 157 Å². The third-order valence-corrected chi connectivity index (χ3v) is 5.44. The molecule has 1 aromatic carbocycles. The number of aryl methyl sites for hydroxylation is 1. The zero-order chi connectivity index (χ0) is 19.6. The minimum absolute atomic E-state index is 0.0600. The van der Waals surface area contributed by atoms with Gasteiger partial charge in [0.15, 0.2) is 0 Å². The fourth-order valence-electron chi connectivity index (χ4n) is 2.94. The average molecular weight is 398 g/mol. The summed E-state index contributed by atoms with van der Waals surface area (Å²) < 4.78 is 43.0. The van der Waals surface area contributed by atoms with Crippen LogP contribution in [0.15, 0.2) is 24.3 Å². The smallest absolute Gasteiger partial charge is 0.471 e. The second kappa shape index (κ2) is 7.59. The lowest BCUT2D eigenvalue weighted by Crippen LogP contribution is -2.30. The first-order valence-corrected chi connectivity index (χ1v) is 9.09. The number of ether oxygens (including phenoxy) is 1. The molecule has 0 aliphatic heterocycles. The number of fused-ring (bicyclic) bond motifs is 1. The van der Waals surface area contributed by atoms with Gasteiger partial charge < -0.3 is 15.4 Å². The summed E-state index contributed by atoms with van der Waals surface area (Å²) in [6.07, 6.45) is -1.99. The monoisotopic (exact) mass is 398 g/mol.